The minimum absolute atomic E-state index is 0.165. The van der Waals surface area contributed by atoms with Gasteiger partial charge in [0.05, 0.1) is 0 Å². The first-order valence-electron chi connectivity index (χ1n) is 7.04. The normalized spacial score (nSPS) is 12.9. The highest BCUT2D eigenvalue weighted by atomic mass is 15.0. The molecule has 17 heavy (non-hydrogen) atoms. The van der Waals surface area contributed by atoms with Gasteiger partial charge in [0.1, 0.15) is 0 Å². The molecule has 1 heteroatoms. The highest BCUT2D eigenvalue weighted by Crippen LogP contribution is 2.29. The Balaban J connectivity index is 4.16. The van der Waals surface area contributed by atoms with Crippen molar-refractivity contribution < 1.29 is 0 Å². The van der Waals surface area contributed by atoms with Gasteiger partial charge in [-0.25, -0.2) is 0 Å². The molecule has 0 radical (unpaired) electrons. The van der Waals surface area contributed by atoms with E-state index in [0.29, 0.717) is 11.3 Å². The smallest absolute Gasteiger partial charge is 0.0314 e. The molecule has 0 saturated heterocycles. The van der Waals surface area contributed by atoms with Gasteiger partial charge < -0.3 is 5.32 Å². The van der Waals surface area contributed by atoms with Gasteiger partial charge in [0.25, 0.3) is 0 Å². The highest BCUT2D eigenvalue weighted by Gasteiger charge is 2.23. The molecule has 0 spiro atoms. The highest BCUT2D eigenvalue weighted by molar-refractivity contribution is 4.98. The van der Waals surface area contributed by atoms with E-state index in [4.69, 9.17) is 0 Å². The van der Waals surface area contributed by atoms with E-state index in [0.717, 1.165) is 6.42 Å². The van der Waals surface area contributed by atoms with E-state index in [-0.39, 0.29) is 5.54 Å². The zero-order valence-corrected chi connectivity index (χ0v) is 13.1. The summed E-state index contributed by atoms with van der Waals surface area (Å²) in [6.07, 6.45) is 4.78. The Morgan fingerprint density at radius 3 is 2.06 bits per heavy atom. The molecule has 0 rings (SSSR count). The Labute approximate surface area is 109 Å². The molecule has 0 unspecified atom stereocenters. The maximum Gasteiger partial charge on any atom is 0.0314 e. The minimum atomic E-state index is 0.165. The minimum Gasteiger partial charge on any atom is -0.384 e. The molecule has 0 aromatic rings. The second-order valence-corrected chi connectivity index (χ2v) is 7.23. The lowest BCUT2D eigenvalue weighted by molar-refractivity contribution is 0.260. The fourth-order valence-corrected chi connectivity index (χ4v) is 1.91. The molecule has 0 aliphatic carbocycles. The Hall–Kier alpha value is -0.460. The van der Waals surface area contributed by atoms with Crippen LogP contribution in [0.4, 0.5) is 0 Å². The molecule has 1 nitrogen and oxygen atoms in total. The molecular formula is C16H33N. The number of allylic oxidation sites excluding steroid dienone is 1. The molecule has 0 aliphatic heterocycles. The van der Waals surface area contributed by atoms with Gasteiger partial charge >= 0.3 is 0 Å². The first kappa shape index (κ1) is 16.5. The van der Waals surface area contributed by atoms with Crippen LogP contribution in [0.5, 0.6) is 0 Å². The third-order valence-electron chi connectivity index (χ3n) is 3.55. The zero-order valence-electron chi connectivity index (χ0n) is 13.1. The molecule has 1 N–H and O–H groups in total. The zero-order chi connectivity index (χ0) is 13.7. The third-order valence-corrected chi connectivity index (χ3v) is 3.55. The van der Waals surface area contributed by atoms with Gasteiger partial charge in [0, 0.05) is 11.2 Å². The van der Waals surface area contributed by atoms with Crippen molar-refractivity contribution in [2.24, 2.45) is 11.3 Å². The lowest BCUT2D eigenvalue weighted by Gasteiger charge is -2.33. The summed E-state index contributed by atoms with van der Waals surface area (Å²) in [6.45, 7) is 20.2. The fourth-order valence-electron chi connectivity index (χ4n) is 1.91. The van der Waals surface area contributed by atoms with Crippen molar-refractivity contribution in [3.05, 3.63) is 12.3 Å². The van der Waals surface area contributed by atoms with Crippen molar-refractivity contribution >= 4 is 0 Å². The quantitative estimate of drug-likeness (QED) is 0.619. The summed E-state index contributed by atoms with van der Waals surface area (Å²) >= 11 is 0. The molecule has 0 heterocycles. The number of hydrogen-bond acceptors (Lipinski definition) is 1. The molecule has 0 aliphatic rings. The van der Waals surface area contributed by atoms with Gasteiger partial charge in [-0.05, 0) is 44.4 Å². The molecular weight excluding hydrogens is 206 g/mol. The second-order valence-electron chi connectivity index (χ2n) is 7.23. The van der Waals surface area contributed by atoms with E-state index in [1.807, 2.05) is 0 Å². The molecule has 0 aromatic heterocycles. The number of rotatable bonds is 8. The summed E-state index contributed by atoms with van der Waals surface area (Å²) in [5, 5.41) is 3.59. The Morgan fingerprint density at radius 1 is 1.12 bits per heavy atom. The van der Waals surface area contributed by atoms with Crippen molar-refractivity contribution in [2.75, 3.05) is 0 Å². The van der Waals surface area contributed by atoms with Crippen molar-refractivity contribution in [3.63, 3.8) is 0 Å². The van der Waals surface area contributed by atoms with Crippen molar-refractivity contribution in [2.45, 2.75) is 79.7 Å². The Kier molecular flexibility index (Phi) is 6.29. The summed E-state index contributed by atoms with van der Waals surface area (Å²) < 4.78 is 0. The predicted octanol–water partition coefficient (Wildman–Crippen LogP) is 5.13. The average molecular weight is 239 g/mol. The van der Waals surface area contributed by atoms with E-state index in [1.165, 1.54) is 25.0 Å². The van der Waals surface area contributed by atoms with Gasteiger partial charge in [-0.3, -0.25) is 0 Å². The molecule has 0 amide bonds. The van der Waals surface area contributed by atoms with Crippen LogP contribution in [0, 0.1) is 11.3 Å². The summed E-state index contributed by atoms with van der Waals surface area (Å²) in [5.41, 5.74) is 1.80. The van der Waals surface area contributed by atoms with E-state index >= 15 is 0 Å². The van der Waals surface area contributed by atoms with Crippen LogP contribution in [0.2, 0.25) is 0 Å². The SMILES string of the molecule is C=C(CC(C)C)NC(C)(C)CCC(C)(C)CC. The molecule has 0 bridgehead atoms. The van der Waals surface area contributed by atoms with Crippen LogP contribution in [0.25, 0.3) is 0 Å². The van der Waals surface area contributed by atoms with E-state index in [1.54, 1.807) is 0 Å². The van der Waals surface area contributed by atoms with Gasteiger partial charge in [-0.2, -0.15) is 0 Å². The first-order valence-corrected chi connectivity index (χ1v) is 7.04. The molecule has 0 aromatic carbocycles. The van der Waals surface area contributed by atoms with Crippen molar-refractivity contribution in [1.29, 1.82) is 0 Å². The fraction of sp³-hybridized carbons (Fsp3) is 0.875. The monoisotopic (exact) mass is 239 g/mol. The van der Waals surface area contributed by atoms with Crippen molar-refractivity contribution in [1.82, 2.24) is 5.32 Å². The first-order chi connectivity index (χ1) is 7.58. The van der Waals surface area contributed by atoms with E-state index in [9.17, 15) is 0 Å². The van der Waals surface area contributed by atoms with Crippen LogP contribution >= 0.6 is 0 Å². The number of nitrogens with one attached hydrogen (secondary N) is 1. The summed E-state index contributed by atoms with van der Waals surface area (Å²) in [7, 11) is 0. The van der Waals surface area contributed by atoms with Gasteiger partial charge in [-0.1, -0.05) is 47.6 Å². The lowest BCUT2D eigenvalue weighted by atomic mass is 9.81. The Morgan fingerprint density at radius 2 is 1.65 bits per heavy atom. The maximum atomic E-state index is 4.13. The predicted molar refractivity (Wildman–Crippen MR) is 79.1 cm³/mol. The van der Waals surface area contributed by atoms with Gasteiger partial charge in [-0.15, -0.1) is 0 Å². The summed E-state index contributed by atoms with van der Waals surface area (Å²) in [6, 6.07) is 0. The average Bonchev–Trinajstić information content (AvgIpc) is 2.13. The van der Waals surface area contributed by atoms with Crippen LogP contribution in [0.3, 0.4) is 0 Å². The van der Waals surface area contributed by atoms with E-state index in [2.05, 4.69) is 60.4 Å². The summed E-state index contributed by atoms with van der Waals surface area (Å²) in [5.74, 6) is 0.679. The maximum absolute atomic E-state index is 4.13. The number of hydrogen-bond donors (Lipinski definition) is 1. The lowest BCUT2D eigenvalue weighted by Crippen LogP contribution is -2.39. The van der Waals surface area contributed by atoms with Crippen LogP contribution in [-0.4, -0.2) is 5.54 Å². The van der Waals surface area contributed by atoms with E-state index < -0.39 is 0 Å². The second kappa shape index (κ2) is 6.47. The van der Waals surface area contributed by atoms with Gasteiger partial charge in [0.2, 0.25) is 0 Å². The van der Waals surface area contributed by atoms with Gasteiger partial charge in [0.15, 0.2) is 0 Å². The topological polar surface area (TPSA) is 12.0 Å². The largest absolute Gasteiger partial charge is 0.384 e. The van der Waals surface area contributed by atoms with Crippen LogP contribution in [0.15, 0.2) is 12.3 Å². The van der Waals surface area contributed by atoms with Crippen molar-refractivity contribution in [3.8, 4) is 0 Å². The standard InChI is InChI=1S/C16H33N/c1-9-15(5,6)10-11-16(7,8)17-14(4)12-13(2)3/h13,17H,4,9-12H2,1-3,5-8H3. The third kappa shape index (κ3) is 8.29. The Bertz CT molecular complexity index is 236. The molecule has 0 atom stereocenters. The van der Waals surface area contributed by atoms with Crippen LogP contribution < -0.4 is 5.32 Å². The summed E-state index contributed by atoms with van der Waals surface area (Å²) in [4.78, 5) is 0. The molecule has 0 fully saturated rings. The van der Waals surface area contributed by atoms with Crippen LogP contribution in [-0.2, 0) is 0 Å². The molecule has 0 saturated carbocycles. The molecule has 102 valence electrons. The van der Waals surface area contributed by atoms with Crippen LogP contribution in [0.1, 0.15) is 74.1 Å².